The van der Waals surface area contributed by atoms with Gasteiger partial charge in [0.25, 0.3) is 0 Å². The quantitative estimate of drug-likeness (QED) is 0.666. The van der Waals surface area contributed by atoms with E-state index in [9.17, 15) is 4.79 Å². The molecule has 0 spiro atoms. The number of carbonyl (C=O) groups excluding carboxylic acids is 1. The van der Waals surface area contributed by atoms with Crippen LogP contribution >= 0.6 is 0 Å². The number of methoxy groups -OCH3 is 1. The van der Waals surface area contributed by atoms with Gasteiger partial charge in [-0.1, -0.05) is 24.3 Å². The van der Waals surface area contributed by atoms with Gasteiger partial charge >= 0.3 is 6.09 Å². The maximum atomic E-state index is 11.6. The number of hydrogen-bond acceptors (Lipinski definition) is 2. The second-order valence-corrected chi connectivity index (χ2v) is 4.61. The van der Waals surface area contributed by atoms with Crippen molar-refractivity contribution in [1.82, 2.24) is 4.90 Å². The van der Waals surface area contributed by atoms with Gasteiger partial charge in [-0.3, -0.25) is 0 Å². The van der Waals surface area contributed by atoms with Crippen molar-refractivity contribution in [1.29, 1.82) is 0 Å². The second-order valence-electron chi connectivity index (χ2n) is 4.61. The Hall–Kier alpha value is -1.51. The zero-order valence-corrected chi connectivity index (χ0v) is 9.35. The van der Waals surface area contributed by atoms with E-state index in [1.54, 1.807) is 0 Å². The van der Waals surface area contributed by atoms with E-state index in [1.807, 2.05) is 4.90 Å². The predicted octanol–water partition coefficient (Wildman–Crippen LogP) is 2.17. The molecular weight excluding hydrogens is 202 g/mol. The van der Waals surface area contributed by atoms with E-state index < -0.39 is 0 Å². The summed E-state index contributed by atoms with van der Waals surface area (Å²) in [6, 6.07) is 8.87. The monoisotopic (exact) mass is 217 g/mol. The van der Waals surface area contributed by atoms with Crippen LogP contribution in [0, 0.1) is 0 Å². The summed E-state index contributed by atoms with van der Waals surface area (Å²) in [6.07, 6.45) is 1.88. The third-order valence-electron chi connectivity index (χ3n) is 3.77. The van der Waals surface area contributed by atoms with Gasteiger partial charge in [-0.05, 0) is 24.0 Å². The highest BCUT2D eigenvalue weighted by molar-refractivity contribution is 5.69. The highest BCUT2D eigenvalue weighted by Gasteiger charge is 2.40. The van der Waals surface area contributed by atoms with Crippen molar-refractivity contribution in [2.45, 2.75) is 24.8 Å². The minimum Gasteiger partial charge on any atom is -0.453 e. The Morgan fingerprint density at radius 1 is 1.44 bits per heavy atom. The normalized spacial score (nSPS) is 26.4. The smallest absolute Gasteiger partial charge is 0.409 e. The second kappa shape index (κ2) is 3.51. The molecule has 0 aromatic heterocycles. The fourth-order valence-electron chi connectivity index (χ4n) is 3.05. The number of benzene rings is 1. The molecule has 16 heavy (non-hydrogen) atoms. The standard InChI is InChI=1S/C13H15NO2/c1-16-13(15)14-8-10-7-11(14)6-9-4-2-3-5-12(9)10/h2-5,10-11H,6-8H2,1H3. The molecule has 3 rings (SSSR count). The van der Waals surface area contributed by atoms with E-state index in [0.29, 0.717) is 12.0 Å². The van der Waals surface area contributed by atoms with Crippen LogP contribution in [0.2, 0.25) is 0 Å². The number of fused-ring (bicyclic) bond motifs is 4. The predicted molar refractivity (Wildman–Crippen MR) is 60.4 cm³/mol. The molecule has 2 aliphatic rings. The van der Waals surface area contributed by atoms with E-state index >= 15 is 0 Å². The summed E-state index contributed by atoms with van der Waals surface area (Å²) in [5, 5.41) is 0. The van der Waals surface area contributed by atoms with Crippen LogP contribution in [0.15, 0.2) is 24.3 Å². The maximum Gasteiger partial charge on any atom is 0.409 e. The fraction of sp³-hybridized carbons (Fsp3) is 0.462. The van der Waals surface area contributed by atoms with Gasteiger partial charge in [0.2, 0.25) is 0 Å². The zero-order valence-electron chi connectivity index (χ0n) is 9.35. The first-order chi connectivity index (χ1) is 7.79. The Morgan fingerprint density at radius 3 is 3.06 bits per heavy atom. The summed E-state index contributed by atoms with van der Waals surface area (Å²) in [4.78, 5) is 13.5. The van der Waals surface area contributed by atoms with Gasteiger partial charge < -0.3 is 9.64 Å². The van der Waals surface area contributed by atoms with Crippen LogP contribution < -0.4 is 0 Å². The summed E-state index contributed by atoms with van der Waals surface area (Å²) in [5.41, 5.74) is 2.82. The molecule has 1 amide bonds. The van der Waals surface area contributed by atoms with Gasteiger partial charge in [-0.15, -0.1) is 0 Å². The Kier molecular flexibility index (Phi) is 2.13. The Balaban J connectivity index is 1.92. The molecule has 84 valence electrons. The average Bonchev–Trinajstić information content (AvgIpc) is 2.67. The van der Waals surface area contributed by atoms with Gasteiger partial charge in [-0.25, -0.2) is 4.79 Å². The van der Waals surface area contributed by atoms with Gasteiger partial charge in [0.05, 0.1) is 7.11 Å². The van der Waals surface area contributed by atoms with Crippen molar-refractivity contribution in [3.05, 3.63) is 35.4 Å². The van der Waals surface area contributed by atoms with Crippen molar-refractivity contribution < 1.29 is 9.53 Å². The van der Waals surface area contributed by atoms with Gasteiger partial charge in [-0.2, -0.15) is 0 Å². The SMILES string of the molecule is COC(=O)N1CC2CC1Cc1ccccc12. The van der Waals surface area contributed by atoms with E-state index in [-0.39, 0.29) is 6.09 Å². The lowest BCUT2D eigenvalue weighted by Crippen LogP contribution is -2.36. The number of rotatable bonds is 0. The van der Waals surface area contributed by atoms with Crippen LogP contribution in [0.5, 0.6) is 0 Å². The molecule has 1 heterocycles. The van der Waals surface area contributed by atoms with Crippen LogP contribution in [0.4, 0.5) is 4.79 Å². The first-order valence-electron chi connectivity index (χ1n) is 5.72. The van der Waals surface area contributed by atoms with Crippen molar-refractivity contribution in [2.24, 2.45) is 0 Å². The molecule has 1 aliphatic carbocycles. The molecule has 3 nitrogen and oxygen atoms in total. The largest absolute Gasteiger partial charge is 0.453 e. The lowest BCUT2D eigenvalue weighted by molar-refractivity contribution is 0.119. The van der Waals surface area contributed by atoms with E-state index in [0.717, 1.165) is 19.4 Å². The molecule has 1 saturated heterocycles. The van der Waals surface area contributed by atoms with Crippen molar-refractivity contribution in [2.75, 3.05) is 13.7 Å². The molecule has 1 aromatic rings. The maximum absolute atomic E-state index is 11.6. The van der Waals surface area contributed by atoms with Gasteiger partial charge in [0, 0.05) is 18.5 Å². The Morgan fingerprint density at radius 2 is 2.25 bits per heavy atom. The van der Waals surface area contributed by atoms with Crippen LogP contribution in [0.25, 0.3) is 0 Å². The number of hydrogen-bond donors (Lipinski definition) is 0. The molecule has 2 unspecified atom stereocenters. The van der Waals surface area contributed by atoms with Crippen LogP contribution in [-0.4, -0.2) is 30.7 Å². The average molecular weight is 217 g/mol. The summed E-state index contributed by atoms with van der Waals surface area (Å²) in [5.74, 6) is 0.508. The summed E-state index contributed by atoms with van der Waals surface area (Å²) in [6.45, 7) is 0.814. The van der Waals surface area contributed by atoms with Crippen LogP contribution in [0.1, 0.15) is 23.5 Å². The van der Waals surface area contributed by atoms with E-state index in [2.05, 4.69) is 24.3 Å². The first-order valence-corrected chi connectivity index (χ1v) is 5.72. The highest BCUT2D eigenvalue weighted by atomic mass is 16.5. The van der Waals surface area contributed by atoms with Crippen molar-refractivity contribution in [3.8, 4) is 0 Å². The number of nitrogens with zero attached hydrogens (tertiary/aromatic N) is 1. The summed E-state index contributed by atoms with van der Waals surface area (Å²) >= 11 is 0. The third-order valence-corrected chi connectivity index (χ3v) is 3.77. The number of carbonyl (C=O) groups is 1. The molecule has 1 aliphatic heterocycles. The molecule has 2 bridgehead atoms. The molecule has 0 radical (unpaired) electrons. The zero-order chi connectivity index (χ0) is 11.1. The molecule has 0 N–H and O–H groups in total. The van der Waals surface area contributed by atoms with E-state index in [1.165, 1.54) is 18.2 Å². The number of amides is 1. The van der Waals surface area contributed by atoms with Gasteiger partial charge in [0.15, 0.2) is 0 Å². The highest BCUT2D eigenvalue weighted by Crippen LogP contribution is 2.40. The van der Waals surface area contributed by atoms with Crippen LogP contribution in [-0.2, 0) is 11.2 Å². The van der Waals surface area contributed by atoms with Gasteiger partial charge in [0.1, 0.15) is 0 Å². The lowest BCUT2D eigenvalue weighted by atomic mass is 9.84. The summed E-state index contributed by atoms with van der Waals surface area (Å²) in [7, 11) is 1.46. The number of likely N-dealkylation sites (tertiary alicyclic amines) is 1. The topological polar surface area (TPSA) is 29.5 Å². The fourth-order valence-corrected chi connectivity index (χ4v) is 3.05. The lowest BCUT2D eigenvalue weighted by Gasteiger charge is -2.24. The molecule has 0 saturated carbocycles. The molecule has 1 fully saturated rings. The summed E-state index contributed by atoms with van der Waals surface area (Å²) < 4.78 is 4.83. The molecule has 2 atom stereocenters. The molecule has 3 heteroatoms. The van der Waals surface area contributed by atoms with E-state index in [4.69, 9.17) is 4.74 Å². The van der Waals surface area contributed by atoms with Crippen molar-refractivity contribution in [3.63, 3.8) is 0 Å². The minimum atomic E-state index is -0.180. The number of ether oxygens (including phenoxy) is 1. The minimum absolute atomic E-state index is 0.180. The van der Waals surface area contributed by atoms with Crippen LogP contribution in [0.3, 0.4) is 0 Å². The molecule has 1 aromatic carbocycles. The first kappa shape index (κ1) is 9.70. The Labute approximate surface area is 95.0 Å². The Bertz CT molecular complexity index is 430. The van der Waals surface area contributed by atoms with Crippen molar-refractivity contribution >= 4 is 6.09 Å². The molecular formula is C13H15NO2. The third kappa shape index (κ3) is 1.31.